The maximum atomic E-state index is 12.9. The zero-order valence-electron chi connectivity index (χ0n) is 22.2. The van der Waals surface area contributed by atoms with Crippen LogP contribution in [0.15, 0.2) is 12.2 Å². The van der Waals surface area contributed by atoms with Crippen LogP contribution >= 0.6 is 0 Å². The molecule has 0 aromatic heterocycles. The van der Waals surface area contributed by atoms with Gasteiger partial charge < -0.3 is 21.3 Å². The number of guanidine groups is 1. The van der Waals surface area contributed by atoms with Crippen molar-refractivity contribution in [3.8, 4) is 0 Å². The van der Waals surface area contributed by atoms with E-state index in [9.17, 15) is 9.59 Å². The van der Waals surface area contributed by atoms with E-state index in [0.717, 1.165) is 19.3 Å². The number of nitrogens with two attached hydrogens (primary N) is 1. The Labute approximate surface area is 196 Å². The summed E-state index contributed by atoms with van der Waals surface area (Å²) >= 11 is 0. The number of carbonyl (C=O) groups is 2. The molecule has 186 valence electrons. The Balaban J connectivity index is 4.80. The summed E-state index contributed by atoms with van der Waals surface area (Å²) in [6.45, 7) is 20.4. The predicted octanol–water partition coefficient (Wildman–Crippen LogP) is 3.90. The standard InChI is InChI=1S/C25H49N5O2/c1-11-22(2,3)13-12-14-24(6,7)25(8,9)18-23(4,5)20(32)29-16-15-28-19(31)17-30(10)21(26)27/h12,14H,11,13,15-18H2,1-10H3,(H3,26,27)(H,28,31)(H,29,32)/b14-12-. The van der Waals surface area contributed by atoms with Crippen molar-refractivity contribution in [1.29, 1.82) is 5.41 Å². The van der Waals surface area contributed by atoms with E-state index in [4.69, 9.17) is 11.1 Å². The van der Waals surface area contributed by atoms with Crippen LogP contribution in [0.1, 0.15) is 81.6 Å². The van der Waals surface area contributed by atoms with Gasteiger partial charge in [0.05, 0.1) is 6.54 Å². The van der Waals surface area contributed by atoms with Crippen LogP contribution in [0.3, 0.4) is 0 Å². The van der Waals surface area contributed by atoms with Crippen molar-refractivity contribution in [2.24, 2.45) is 27.4 Å². The summed E-state index contributed by atoms with van der Waals surface area (Å²) in [5.74, 6) is -0.422. The average Bonchev–Trinajstić information content (AvgIpc) is 2.63. The summed E-state index contributed by atoms with van der Waals surface area (Å²) in [7, 11) is 1.58. The number of nitrogens with zero attached hydrogens (tertiary/aromatic N) is 1. The Bertz CT molecular complexity index is 678. The lowest BCUT2D eigenvalue weighted by molar-refractivity contribution is -0.132. The Hall–Kier alpha value is -2.05. The minimum Gasteiger partial charge on any atom is -0.370 e. The first-order chi connectivity index (χ1) is 14.4. The first-order valence-corrected chi connectivity index (χ1v) is 11.6. The van der Waals surface area contributed by atoms with E-state index in [1.54, 1.807) is 7.05 Å². The molecule has 0 rings (SSSR count). The van der Waals surface area contributed by atoms with Crippen LogP contribution in [0.25, 0.3) is 0 Å². The number of hydrogen-bond acceptors (Lipinski definition) is 3. The van der Waals surface area contributed by atoms with Crippen LogP contribution in [0.5, 0.6) is 0 Å². The fourth-order valence-electron chi connectivity index (χ4n) is 3.43. The van der Waals surface area contributed by atoms with E-state index < -0.39 is 5.41 Å². The number of hydrogen-bond donors (Lipinski definition) is 4. The molecule has 32 heavy (non-hydrogen) atoms. The molecule has 0 bridgehead atoms. The molecule has 0 fully saturated rings. The number of allylic oxidation sites excluding steroid dienone is 2. The summed E-state index contributed by atoms with van der Waals surface area (Å²) in [5, 5.41) is 13.0. The highest BCUT2D eigenvalue weighted by atomic mass is 16.2. The van der Waals surface area contributed by atoms with Crippen molar-refractivity contribution in [1.82, 2.24) is 15.5 Å². The Morgan fingerprint density at radius 3 is 2.03 bits per heavy atom. The quantitative estimate of drug-likeness (QED) is 0.147. The third-order valence-electron chi connectivity index (χ3n) is 6.93. The normalized spacial score (nSPS) is 13.2. The topological polar surface area (TPSA) is 111 Å². The Morgan fingerprint density at radius 1 is 1.00 bits per heavy atom. The van der Waals surface area contributed by atoms with Crippen molar-refractivity contribution >= 4 is 17.8 Å². The van der Waals surface area contributed by atoms with Gasteiger partial charge >= 0.3 is 0 Å². The second kappa shape index (κ2) is 11.7. The number of amides is 2. The van der Waals surface area contributed by atoms with Crippen LogP contribution in [0, 0.1) is 27.1 Å². The van der Waals surface area contributed by atoms with Gasteiger partial charge in [-0.1, -0.05) is 80.9 Å². The van der Waals surface area contributed by atoms with Crippen LogP contribution in [0.2, 0.25) is 0 Å². The fourth-order valence-corrected chi connectivity index (χ4v) is 3.43. The van der Waals surface area contributed by atoms with Gasteiger partial charge in [-0.15, -0.1) is 0 Å². The molecule has 7 nitrogen and oxygen atoms in total. The van der Waals surface area contributed by atoms with Crippen LogP contribution in [-0.2, 0) is 9.59 Å². The van der Waals surface area contributed by atoms with Gasteiger partial charge in [0.2, 0.25) is 11.8 Å². The minimum absolute atomic E-state index is 0.0149. The highest BCUT2D eigenvalue weighted by Crippen LogP contribution is 2.47. The number of likely N-dealkylation sites (N-methyl/N-ethyl adjacent to an activating group) is 1. The summed E-state index contributed by atoms with van der Waals surface area (Å²) < 4.78 is 0. The fraction of sp³-hybridized carbons (Fsp3) is 0.800. The van der Waals surface area contributed by atoms with Gasteiger partial charge in [0, 0.05) is 25.6 Å². The minimum atomic E-state index is -0.545. The number of nitrogens with one attached hydrogen (secondary N) is 3. The molecule has 0 spiro atoms. The largest absolute Gasteiger partial charge is 0.370 e. The van der Waals surface area contributed by atoms with Gasteiger partial charge in [0.15, 0.2) is 5.96 Å². The third kappa shape index (κ3) is 10.0. The van der Waals surface area contributed by atoms with Crippen LogP contribution < -0.4 is 16.4 Å². The Kier molecular flexibility index (Phi) is 11.0. The molecular formula is C25H49N5O2. The molecular weight excluding hydrogens is 402 g/mol. The zero-order valence-corrected chi connectivity index (χ0v) is 22.2. The van der Waals surface area contributed by atoms with E-state index in [2.05, 4.69) is 71.3 Å². The highest BCUT2D eigenvalue weighted by Gasteiger charge is 2.42. The molecule has 0 saturated carbocycles. The van der Waals surface area contributed by atoms with E-state index in [1.165, 1.54) is 4.90 Å². The van der Waals surface area contributed by atoms with E-state index >= 15 is 0 Å². The van der Waals surface area contributed by atoms with Crippen LogP contribution in [0.4, 0.5) is 0 Å². The monoisotopic (exact) mass is 451 g/mol. The van der Waals surface area contributed by atoms with Crippen molar-refractivity contribution < 1.29 is 9.59 Å². The summed E-state index contributed by atoms with van der Waals surface area (Å²) in [6, 6.07) is 0. The molecule has 2 amide bonds. The SMILES string of the molecule is CCC(C)(C)C/C=C\C(C)(C)C(C)(C)CC(C)(C)C(=O)NCCNC(=O)CN(C)C(=N)N. The van der Waals surface area contributed by atoms with Gasteiger partial charge in [-0.2, -0.15) is 0 Å². The van der Waals surface area contributed by atoms with E-state index in [1.807, 2.05) is 13.8 Å². The van der Waals surface area contributed by atoms with Gasteiger partial charge in [-0.3, -0.25) is 15.0 Å². The molecule has 0 aliphatic rings. The second-order valence-corrected chi connectivity index (χ2v) is 11.6. The molecule has 0 radical (unpaired) electrons. The summed E-state index contributed by atoms with van der Waals surface area (Å²) in [4.78, 5) is 26.1. The highest BCUT2D eigenvalue weighted by molar-refractivity contribution is 5.84. The number of carbonyl (C=O) groups excluding carboxylic acids is 2. The summed E-state index contributed by atoms with van der Waals surface area (Å²) in [5.41, 5.74) is 4.93. The second-order valence-electron chi connectivity index (χ2n) is 11.6. The first kappa shape index (κ1) is 29.9. The Morgan fingerprint density at radius 2 is 1.53 bits per heavy atom. The number of rotatable bonds is 13. The maximum Gasteiger partial charge on any atom is 0.239 e. The predicted molar refractivity (Wildman–Crippen MR) is 134 cm³/mol. The molecule has 5 N–H and O–H groups in total. The molecule has 0 atom stereocenters. The van der Waals surface area contributed by atoms with Crippen molar-refractivity contribution in [2.45, 2.75) is 81.6 Å². The lowest BCUT2D eigenvalue weighted by atomic mass is 9.61. The van der Waals surface area contributed by atoms with Gasteiger partial charge in [-0.05, 0) is 29.1 Å². The summed E-state index contributed by atoms with van der Waals surface area (Å²) in [6.07, 6.45) is 7.52. The average molecular weight is 452 g/mol. The van der Waals surface area contributed by atoms with Crippen molar-refractivity contribution in [2.75, 3.05) is 26.7 Å². The van der Waals surface area contributed by atoms with E-state index in [0.29, 0.717) is 18.5 Å². The molecule has 0 saturated heterocycles. The van der Waals surface area contributed by atoms with Crippen molar-refractivity contribution in [3.05, 3.63) is 12.2 Å². The van der Waals surface area contributed by atoms with Gasteiger partial charge in [0.1, 0.15) is 0 Å². The molecule has 0 aromatic carbocycles. The van der Waals surface area contributed by atoms with Crippen LogP contribution in [-0.4, -0.2) is 49.4 Å². The maximum absolute atomic E-state index is 12.9. The van der Waals surface area contributed by atoms with Gasteiger partial charge in [0.25, 0.3) is 0 Å². The molecule has 0 aromatic rings. The lowest BCUT2D eigenvalue weighted by Gasteiger charge is -2.44. The first-order valence-electron chi connectivity index (χ1n) is 11.6. The lowest BCUT2D eigenvalue weighted by Crippen LogP contribution is -2.46. The molecule has 0 aliphatic carbocycles. The molecule has 0 unspecified atom stereocenters. The molecule has 7 heteroatoms. The zero-order chi connectivity index (χ0) is 25.4. The smallest absolute Gasteiger partial charge is 0.239 e. The molecule has 0 aliphatic heterocycles. The molecule has 0 heterocycles. The van der Waals surface area contributed by atoms with Gasteiger partial charge in [-0.25, -0.2) is 0 Å². The third-order valence-corrected chi connectivity index (χ3v) is 6.93. The van der Waals surface area contributed by atoms with E-state index in [-0.39, 0.29) is 35.1 Å². The van der Waals surface area contributed by atoms with Crippen molar-refractivity contribution in [3.63, 3.8) is 0 Å².